The molecule has 0 bridgehead atoms. The number of H-pyrrole nitrogens is 1. The van der Waals surface area contributed by atoms with Gasteiger partial charge in [-0.1, -0.05) is 0 Å². The molecule has 0 saturated carbocycles. The number of nitrogens with one attached hydrogen (secondary N) is 1. The minimum absolute atomic E-state index is 0.00585. The Hall–Kier alpha value is -3.53. The van der Waals surface area contributed by atoms with E-state index in [9.17, 15) is 15.4 Å². The van der Waals surface area contributed by atoms with Gasteiger partial charge in [0.1, 0.15) is 6.07 Å². The van der Waals surface area contributed by atoms with Crippen LogP contribution in [-0.4, -0.2) is 20.1 Å². The predicted molar refractivity (Wildman–Crippen MR) is 78.6 cm³/mol. The third kappa shape index (κ3) is 2.29. The van der Waals surface area contributed by atoms with Crippen LogP contribution in [0.3, 0.4) is 0 Å². The number of aromatic nitrogens is 3. The summed E-state index contributed by atoms with van der Waals surface area (Å²) in [6.07, 6.45) is 3.31. The third-order valence-electron chi connectivity index (χ3n) is 3.19. The fourth-order valence-corrected chi connectivity index (χ4v) is 2.17. The quantitative estimate of drug-likeness (QED) is 0.589. The van der Waals surface area contributed by atoms with Gasteiger partial charge < -0.3 is 0 Å². The molecular weight excluding hydrogens is 282 g/mol. The zero-order valence-electron chi connectivity index (χ0n) is 11.2. The van der Waals surface area contributed by atoms with Gasteiger partial charge in [-0.05, 0) is 29.8 Å². The van der Waals surface area contributed by atoms with Crippen LogP contribution in [0.15, 0.2) is 48.8 Å². The number of hydrogen-bond donors (Lipinski definition) is 1. The second-order valence-corrected chi connectivity index (χ2v) is 4.48. The first kappa shape index (κ1) is 13.5. The summed E-state index contributed by atoms with van der Waals surface area (Å²) in [6.45, 7) is 0. The number of non-ortho nitro benzene ring substituents is 1. The van der Waals surface area contributed by atoms with E-state index in [1.807, 2.05) is 12.1 Å². The minimum atomic E-state index is -0.466. The average molecular weight is 291 g/mol. The SMILES string of the molecule is N#Cc1n[nH]c(-c2cccnc2)c1-c1ccc([N+](=O)[O-])cc1. The summed E-state index contributed by atoms with van der Waals surface area (Å²) < 4.78 is 0. The largest absolute Gasteiger partial charge is 0.276 e. The molecule has 0 unspecified atom stereocenters. The molecule has 2 heterocycles. The van der Waals surface area contributed by atoms with Crippen molar-refractivity contribution in [3.05, 3.63) is 64.6 Å². The molecular formula is C15H9N5O2. The number of nitro benzene ring substituents is 1. The molecule has 0 radical (unpaired) electrons. The summed E-state index contributed by atoms with van der Waals surface area (Å²) in [7, 11) is 0. The molecule has 0 aliphatic heterocycles. The number of nitro groups is 1. The zero-order valence-corrected chi connectivity index (χ0v) is 11.2. The molecule has 0 aliphatic rings. The lowest BCUT2D eigenvalue weighted by Gasteiger charge is -2.03. The van der Waals surface area contributed by atoms with E-state index in [4.69, 9.17) is 0 Å². The highest BCUT2D eigenvalue weighted by Gasteiger charge is 2.17. The number of rotatable bonds is 3. The second kappa shape index (κ2) is 5.46. The average Bonchev–Trinajstić information content (AvgIpc) is 2.99. The Morgan fingerprint density at radius 1 is 1.18 bits per heavy atom. The summed E-state index contributed by atoms with van der Waals surface area (Å²) >= 11 is 0. The summed E-state index contributed by atoms with van der Waals surface area (Å²) in [5.74, 6) is 0. The molecule has 0 saturated heterocycles. The Labute approximate surface area is 125 Å². The molecule has 7 heteroatoms. The smallest absolute Gasteiger partial charge is 0.269 e. The molecule has 22 heavy (non-hydrogen) atoms. The molecule has 1 aromatic carbocycles. The highest BCUT2D eigenvalue weighted by atomic mass is 16.6. The Kier molecular flexibility index (Phi) is 3.34. The summed E-state index contributed by atoms with van der Waals surface area (Å²) in [5.41, 5.74) is 2.94. The lowest BCUT2D eigenvalue weighted by Crippen LogP contribution is -1.89. The molecule has 0 fully saturated rings. The number of benzene rings is 1. The summed E-state index contributed by atoms with van der Waals surface area (Å²) in [5, 5.41) is 26.8. The van der Waals surface area contributed by atoms with E-state index < -0.39 is 4.92 Å². The van der Waals surface area contributed by atoms with E-state index in [1.54, 1.807) is 30.6 Å². The maximum absolute atomic E-state index is 10.7. The molecule has 2 aromatic heterocycles. The molecule has 3 rings (SSSR count). The van der Waals surface area contributed by atoms with Crippen LogP contribution in [0.25, 0.3) is 22.4 Å². The Bertz CT molecular complexity index is 863. The van der Waals surface area contributed by atoms with Crippen LogP contribution in [0.5, 0.6) is 0 Å². The molecule has 1 N–H and O–H groups in total. The summed E-state index contributed by atoms with van der Waals surface area (Å²) in [6, 6.07) is 11.6. The van der Waals surface area contributed by atoms with Crippen LogP contribution >= 0.6 is 0 Å². The number of nitriles is 1. The molecule has 7 nitrogen and oxygen atoms in total. The standard InChI is InChI=1S/C15H9N5O2/c16-8-13-14(10-3-5-12(6-4-10)20(21)22)15(19-18-13)11-2-1-7-17-9-11/h1-7,9H,(H,18,19). The van der Waals surface area contributed by atoms with Gasteiger partial charge in [0.25, 0.3) is 5.69 Å². The van der Waals surface area contributed by atoms with Crippen molar-refractivity contribution in [1.29, 1.82) is 5.26 Å². The van der Waals surface area contributed by atoms with Crippen molar-refractivity contribution in [1.82, 2.24) is 15.2 Å². The van der Waals surface area contributed by atoms with Gasteiger partial charge in [0.2, 0.25) is 0 Å². The maximum Gasteiger partial charge on any atom is 0.269 e. The number of hydrogen-bond acceptors (Lipinski definition) is 5. The number of aromatic amines is 1. The Morgan fingerprint density at radius 2 is 1.95 bits per heavy atom. The van der Waals surface area contributed by atoms with Crippen LogP contribution in [0.4, 0.5) is 5.69 Å². The highest BCUT2D eigenvalue weighted by Crippen LogP contribution is 2.33. The van der Waals surface area contributed by atoms with Gasteiger partial charge in [-0.25, -0.2) is 0 Å². The van der Waals surface area contributed by atoms with Gasteiger partial charge in [-0.3, -0.25) is 20.2 Å². The van der Waals surface area contributed by atoms with Crippen LogP contribution in [0.2, 0.25) is 0 Å². The van der Waals surface area contributed by atoms with Gasteiger partial charge in [-0.15, -0.1) is 0 Å². The first-order valence-corrected chi connectivity index (χ1v) is 6.34. The van der Waals surface area contributed by atoms with Crippen molar-refractivity contribution in [2.24, 2.45) is 0 Å². The molecule has 106 valence electrons. The van der Waals surface area contributed by atoms with E-state index in [0.29, 0.717) is 16.8 Å². The first-order chi connectivity index (χ1) is 10.7. The molecule has 0 aliphatic carbocycles. The van der Waals surface area contributed by atoms with Crippen LogP contribution in [0.1, 0.15) is 5.69 Å². The van der Waals surface area contributed by atoms with Crippen molar-refractivity contribution in [3.8, 4) is 28.5 Å². The van der Waals surface area contributed by atoms with E-state index in [2.05, 4.69) is 15.2 Å². The van der Waals surface area contributed by atoms with Gasteiger partial charge in [-0.2, -0.15) is 10.4 Å². The third-order valence-corrected chi connectivity index (χ3v) is 3.19. The zero-order chi connectivity index (χ0) is 15.5. The van der Waals surface area contributed by atoms with Crippen LogP contribution < -0.4 is 0 Å². The van der Waals surface area contributed by atoms with Crippen molar-refractivity contribution in [2.75, 3.05) is 0 Å². The van der Waals surface area contributed by atoms with Crippen LogP contribution in [-0.2, 0) is 0 Å². The Morgan fingerprint density at radius 3 is 2.55 bits per heavy atom. The molecule has 3 aromatic rings. The lowest BCUT2D eigenvalue weighted by molar-refractivity contribution is -0.384. The lowest BCUT2D eigenvalue weighted by atomic mass is 10.00. The van der Waals surface area contributed by atoms with Crippen molar-refractivity contribution in [2.45, 2.75) is 0 Å². The number of pyridine rings is 1. The van der Waals surface area contributed by atoms with E-state index in [1.165, 1.54) is 12.1 Å². The van der Waals surface area contributed by atoms with Crippen molar-refractivity contribution >= 4 is 5.69 Å². The van der Waals surface area contributed by atoms with E-state index in [0.717, 1.165) is 5.56 Å². The fourth-order valence-electron chi connectivity index (χ4n) is 2.17. The van der Waals surface area contributed by atoms with Gasteiger partial charge in [0.15, 0.2) is 5.69 Å². The van der Waals surface area contributed by atoms with Gasteiger partial charge in [0.05, 0.1) is 10.6 Å². The first-order valence-electron chi connectivity index (χ1n) is 6.34. The van der Waals surface area contributed by atoms with Crippen LogP contribution in [0, 0.1) is 21.4 Å². The van der Waals surface area contributed by atoms with E-state index >= 15 is 0 Å². The normalized spacial score (nSPS) is 10.1. The molecule has 0 atom stereocenters. The number of nitrogens with zero attached hydrogens (tertiary/aromatic N) is 4. The maximum atomic E-state index is 10.7. The van der Waals surface area contributed by atoms with Crippen molar-refractivity contribution < 1.29 is 4.92 Å². The fraction of sp³-hybridized carbons (Fsp3) is 0. The van der Waals surface area contributed by atoms with E-state index in [-0.39, 0.29) is 11.4 Å². The second-order valence-electron chi connectivity index (χ2n) is 4.48. The monoisotopic (exact) mass is 291 g/mol. The highest BCUT2D eigenvalue weighted by molar-refractivity contribution is 5.84. The summed E-state index contributed by atoms with van der Waals surface area (Å²) in [4.78, 5) is 14.3. The minimum Gasteiger partial charge on any atom is -0.276 e. The molecule has 0 amide bonds. The van der Waals surface area contributed by atoms with Gasteiger partial charge in [0, 0.05) is 35.7 Å². The van der Waals surface area contributed by atoms with Gasteiger partial charge >= 0.3 is 0 Å². The molecule has 0 spiro atoms. The predicted octanol–water partition coefficient (Wildman–Crippen LogP) is 2.92. The Balaban J connectivity index is 2.16. The van der Waals surface area contributed by atoms with Crippen molar-refractivity contribution in [3.63, 3.8) is 0 Å². The topological polar surface area (TPSA) is 108 Å².